The quantitative estimate of drug-likeness (QED) is 0.580. The molecule has 2 aliphatic rings. The van der Waals surface area contributed by atoms with Crippen LogP contribution in [-0.2, 0) is 32.1 Å². The Labute approximate surface area is 161 Å². The van der Waals surface area contributed by atoms with Gasteiger partial charge in [0.2, 0.25) is 0 Å². The Hall–Kier alpha value is -2.42. The summed E-state index contributed by atoms with van der Waals surface area (Å²) < 4.78 is 5.02. The second-order valence-electron chi connectivity index (χ2n) is 6.71. The van der Waals surface area contributed by atoms with E-state index in [1.807, 2.05) is 11.4 Å². The number of esters is 1. The van der Waals surface area contributed by atoms with Crippen LogP contribution >= 0.6 is 11.3 Å². The van der Waals surface area contributed by atoms with Crippen LogP contribution in [0.1, 0.15) is 37.1 Å². The maximum Gasteiger partial charge on any atom is 0.326 e. The van der Waals surface area contributed by atoms with Gasteiger partial charge in [0.05, 0.1) is 0 Å². The van der Waals surface area contributed by atoms with Gasteiger partial charge in [-0.3, -0.25) is 19.3 Å². The van der Waals surface area contributed by atoms with Crippen LogP contribution in [-0.4, -0.2) is 58.8 Å². The van der Waals surface area contributed by atoms with Gasteiger partial charge in [-0.05, 0) is 36.3 Å². The van der Waals surface area contributed by atoms with Crippen LogP contribution in [0.2, 0.25) is 0 Å². The van der Waals surface area contributed by atoms with Gasteiger partial charge in [-0.25, -0.2) is 4.79 Å². The van der Waals surface area contributed by atoms with Crippen LogP contribution in [0.15, 0.2) is 11.4 Å². The molecular weight excluding hydrogens is 370 g/mol. The van der Waals surface area contributed by atoms with Crippen molar-refractivity contribution >= 4 is 35.2 Å². The lowest BCUT2D eigenvalue weighted by molar-refractivity contribution is -0.154. The average Bonchev–Trinajstić information content (AvgIpc) is 3.23. The van der Waals surface area contributed by atoms with Gasteiger partial charge in [-0.15, -0.1) is 11.3 Å². The van der Waals surface area contributed by atoms with Gasteiger partial charge in [0.25, 0.3) is 11.8 Å². The Morgan fingerprint density at radius 3 is 2.70 bits per heavy atom. The minimum Gasteiger partial charge on any atom is -0.454 e. The van der Waals surface area contributed by atoms with Crippen molar-refractivity contribution in [3.05, 3.63) is 21.9 Å². The van der Waals surface area contributed by atoms with Crippen molar-refractivity contribution in [3.8, 4) is 0 Å². The predicted molar refractivity (Wildman–Crippen MR) is 98.0 cm³/mol. The largest absolute Gasteiger partial charge is 0.454 e. The lowest BCUT2D eigenvalue weighted by atomic mass is 9.93. The van der Waals surface area contributed by atoms with E-state index in [0.29, 0.717) is 25.9 Å². The van der Waals surface area contributed by atoms with Crippen LogP contribution in [0.25, 0.3) is 0 Å². The standard InChI is InChI=1S/C18H23N3O5S/c1-3-18(4-2)16(24)21(17(25)19-18)10-15(23)26-11-14(22)20-7-5-13-12(9-20)6-8-27-13/h6,8H,3-5,7,9-11H2,1-2H3,(H,19,25). The molecule has 0 saturated carbocycles. The highest BCUT2D eigenvalue weighted by atomic mass is 32.1. The summed E-state index contributed by atoms with van der Waals surface area (Å²) in [7, 11) is 0. The number of hydrogen-bond donors (Lipinski definition) is 1. The fourth-order valence-corrected chi connectivity index (χ4v) is 4.31. The Kier molecular flexibility index (Phi) is 5.50. The first kappa shape index (κ1) is 19.3. The molecule has 27 heavy (non-hydrogen) atoms. The van der Waals surface area contributed by atoms with Crippen LogP contribution < -0.4 is 5.32 Å². The van der Waals surface area contributed by atoms with Gasteiger partial charge in [-0.2, -0.15) is 0 Å². The number of thiophene rings is 1. The molecule has 4 amide bonds. The third-order valence-corrected chi connectivity index (χ3v) is 6.28. The Bertz CT molecular complexity index is 771. The average molecular weight is 393 g/mol. The van der Waals surface area contributed by atoms with Crippen molar-refractivity contribution in [2.45, 2.75) is 45.2 Å². The van der Waals surface area contributed by atoms with E-state index in [9.17, 15) is 19.2 Å². The summed E-state index contributed by atoms with van der Waals surface area (Å²) in [5, 5.41) is 4.65. The topological polar surface area (TPSA) is 96.0 Å². The molecule has 1 fully saturated rings. The summed E-state index contributed by atoms with van der Waals surface area (Å²) in [5.74, 6) is -1.49. The van der Waals surface area contributed by atoms with Crippen LogP contribution in [0.5, 0.6) is 0 Å². The lowest BCUT2D eigenvalue weighted by Gasteiger charge is -2.27. The van der Waals surface area contributed by atoms with Crippen molar-refractivity contribution in [1.29, 1.82) is 0 Å². The van der Waals surface area contributed by atoms with E-state index in [4.69, 9.17) is 4.74 Å². The summed E-state index contributed by atoms with van der Waals surface area (Å²) in [6.07, 6.45) is 1.68. The lowest BCUT2D eigenvalue weighted by Crippen LogP contribution is -2.46. The molecule has 3 rings (SSSR count). The Morgan fingerprint density at radius 1 is 1.30 bits per heavy atom. The van der Waals surface area contributed by atoms with E-state index in [2.05, 4.69) is 5.32 Å². The summed E-state index contributed by atoms with van der Waals surface area (Å²) in [6.45, 7) is 3.83. The number of hydrogen-bond acceptors (Lipinski definition) is 6. The molecule has 1 aromatic heterocycles. The highest BCUT2D eigenvalue weighted by Gasteiger charge is 2.49. The van der Waals surface area contributed by atoms with Gasteiger partial charge in [0.15, 0.2) is 6.61 Å². The molecule has 3 heterocycles. The van der Waals surface area contributed by atoms with Crippen molar-refractivity contribution in [2.24, 2.45) is 0 Å². The zero-order chi connectivity index (χ0) is 19.6. The highest BCUT2D eigenvalue weighted by Crippen LogP contribution is 2.25. The van der Waals surface area contributed by atoms with Crippen molar-refractivity contribution < 1.29 is 23.9 Å². The number of carbonyl (C=O) groups excluding carboxylic acids is 4. The molecule has 0 aromatic carbocycles. The minimum atomic E-state index is -0.959. The second-order valence-corrected chi connectivity index (χ2v) is 7.71. The Balaban J connectivity index is 1.51. The van der Waals surface area contributed by atoms with E-state index in [0.717, 1.165) is 16.9 Å². The number of carbonyl (C=O) groups is 4. The van der Waals surface area contributed by atoms with E-state index in [1.165, 1.54) is 4.88 Å². The predicted octanol–water partition coefficient (Wildman–Crippen LogP) is 1.29. The first-order valence-electron chi connectivity index (χ1n) is 9.03. The number of imide groups is 1. The van der Waals surface area contributed by atoms with E-state index < -0.39 is 36.6 Å². The molecule has 9 heteroatoms. The normalized spacial score (nSPS) is 18.3. The summed E-state index contributed by atoms with van der Waals surface area (Å²) in [4.78, 5) is 52.7. The van der Waals surface area contributed by atoms with E-state index in [-0.39, 0.29) is 5.91 Å². The molecule has 0 bridgehead atoms. The van der Waals surface area contributed by atoms with Gasteiger partial charge in [0.1, 0.15) is 12.1 Å². The summed E-state index contributed by atoms with van der Waals surface area (Å²) in [5.41, 5.74) is 0.167. The number of rotatable bonds is 6. The third-order valence-electron chi connectivity index (χ3n) is 5.26. The van der Waals surface area contributed by atoms with Gasteiger partial charge in [0, 0.05) is 18.0 Å². The molecule has 0 radical (unpaired) electrons. The first-order valence-corrected chi connectivity index (χ1v) is 9.91. The molecule has 0 atom stereocenters. The molecule has 0 unspecified atom stereocenters. The molecule has 1 aromatic rings. The molecule has 0 aliphatic carbocycles. The fourth-order valence-electron chi connectivity index (χ4n) is 3.42. The van der Waals surface area contributed by atoms with Gasteiger partial charge in [-0.1, -0.05) is 13.8 Å². The van der Waals surface area contributed by atoms with E-state index in [1.54, 1.807) is 30.1 Å². The molecule has 2 aliphatic heterocycles. The van der Waals surface area contributed by atoms with Gasteiger partial charge < -0.3 is 15.0 Å². The number of ether oxygens (including phenoxy) is 1. The maximum atomic E-state index is 12.5. The van der Waals surface area contributed by atoms with Crippen molar-refractivity contribution in [1.82, 2.24) is 15.1 Å². The van der Waals surface area contributed by atoms with Gasteiger partial charge >= 0.3 is 12.0 Å². The van der Waals surface area contributed by atoms with Crippen LogP contribution in [0.4, 0.5) is 4.79 Å². The molecule has 1 saturated heterocycles. The fraction of sp³-hybridized carbons (Fsp3) is 0.556. The molecule has 146 valence electrons. The monoisotopic (exact) mass is 393 g/mol. The summed E-state index contributed by atoms with van der Waals surface area (Å²) >= 11 is 1.68. The SMILES string of the molecule is CCC1(CC)NC(=O)N(CC(=O)OCC(=O)N2CCc3sccc3C2)C1=O. The summed E-state index contributed by atoms with van der Waals surface area (Å²) in [6, 6.07) is 1.39. The second kappa shape index (κ2) is 7.67. The molecule has 8 nitrogen and oxygen atoms in total. The van der Waals surface area contributed by atoms with Crippen molar-refractivity contribution in [3.63, 3.8) is 0 Å². The molecule has 1 N–H and O–H groups in total. The number of fused-ring (bicyclic) bond motifs is 1. The molecule has 0 spiro atoms. The number of nitrogens with one attached hydrogen (secondary N) is 1. The zero-order valence-corrected chi connectivity index (χ0v) is 16.3. The van der Waals surface area contributed by atoms with Crippen molar-refractivity contribution in [2.75, 3.05) is 19.7 Å². The van der Waals surface area contributed by atoms with Crippen LogP contribution in [0, 0.1) is 0 Å². The number of nitrogens with zero attached hydrogens (tertiary/aromatic N) is 2. The first-order chi connectivity index (χ1) is 12.9. The smallest absolute Gasteiger partial charge is 0.326 e. The van der Waals surface area contributed by atoms with Crippen LogP contribution in [0.3, 0.4) is 0 Å². The minimum absolute atomic E-state index is 0.283. The molecular formula is C18H23N3O5S. The number of amides is 4. The number of urea groups is 1. The third kappa shape index (κ3) is 3.69. The Morgan fingerprint density at radius 2 is 2.04 bits per heavy atom. The highest BCUT2D eigenvalue weighted by molar-refractivity contribution is 7.10. The van der Waals surface area contributed by atoms with E-state index >= 15 is 0 Å². The maximum absolute atomic E-state index is 12.5. The zero-order valence-electron chi connectivity index (χ0n) is 15.4.